The molecule has 4 nitrogen and oxygen atoms in total. The topological polar surface area (TPSA) is 36.9 Å². The van der Waals surface area contributed by atoms with Crippen LogP contribution < -0.4 is 0 Å². The van der Waals surface area contributed by atoms with Crippen molar-refractivity contribution in [2.24, 2.45) is 0 Å². The second kappa shape index (κ2) is 4.43. The van der Waals surface area contributed by atoms with E-state index in [2.05, 4.69) is 13.0 Å². The fourth-order valence-electron chi connectivity index (χ4n) is 1.97. The lowest BCUT2D eigenvalue weighted by Crippen LogP contribution is -2.04. The van der Waals surface area contributed by atoms with Crippen molar-refractivity contribution in [1.82, 2.24) is 0 Å². The van der Waals surface area contributed by atoms with Crippen LogP contribution in [0.4, 0.5) is 0 Å². The smallest absolute Gasteiger partial charge is 0.193 e. The van der Waals surface area contributed by atoms with Crippen LogP contribution in [0.25, 0.3) is 0 Å². The zero-order valence-electron chi connectivity index (χ0n) is 9.10. The molecule has 2 saturated heterocycles. The second-order valence-corrected chi connectivity index (χ2v) is 5.11. The summed E-state index contributed by atoms with van der Waals surface area (Å²) in [5.41, 5.74) is 1.06. The molecule has 0 aliphatic carbocycles. The first-order valence-electron chi connectivity index (χ1n) is 5.41. The third kappa shape index (κ3) is 1.89. The van der Waals surface area contributed by atoms with Gasteiger partial charge in [-0.3, -0.25) is 0 Å². The third-order valence-corrected chi connectivity index (χ3v) is 3.71. The van der Waals surface area contributed by atoms with Gasteiger partial charge in [0, 0.05) is 10.4 Å². The number of aryl methyl sites for hydroxylation is 1. The molecule has 88 valence electrons. The van der Waals surface area contributed by atoms with E-state index in [1.807, 2.05) is 0 Å². The van der Waals surface area contributed by atoms with Crippen molar-refractivity contribution in [1.29, 1.82) is 0 Å². The van der Waals surface area contributed by atoms with Crippen LogP contribution in [0, 0.1) is 6.92 Å². The van der Waals surface area contributed by atoms with Gasteiger partial charge in [0.15, 0.2) is 12.6 Å². The molecule has 2 fully saturated rings. The van der Waals surface area contributed by atoms with Gasteiger partial charge in [0.2, 0.25) is 0 Å². The maximum absolute atomic E-state index is 5.53. The van der Waals surface area contributed by atoms with Gasteiger partial charge in [-0.25, -0.2) is 0 Å². The van der Waals surface area contributed by atoms with E-state index < -0.39 is 0 Å². The molecule has 2 aliphatic heterocycles. The second-order valence-electron chi connectivity index (χ2n) is 3.82. The zero-order chi connectivity index (χ0) is 11.0. The minimum Gasteiger partial charge on any atom is -0.346 e. The normalized spacial score (nSPS) is 23.3. The van der Waals surface area contributed by atoms with E-state index in [9.17, 15) is 0 Å². The van der Waals surface area contributed by atoms with Gasteiger partial charge >= 0.3 is 0 Å². The Hall–Kier alpha value is -0.460. The Bertz CT molecular complexity index is 331. The Morgan fingerprint density at radius 1 is 1.00 bits per heavy atom. The Morgan fingerprint density at radius 2 is 1.56 bits per heavy atom. The molecule has 3 heterocycles. The van der Waals surface area contributed by atoms with Crippen LogP contribution in [0.5, 0.6) is 0 Å². The van der Waals surface area contributed by atoms with Crippen molar-refractivity contribution in [2.75, 3.05) is 26.4 Å². The molecule has 0 radical (unpaired) electrons. The van der Waals surface area contributed by atoms with Gasteiger partial charge in [-0.05, 0) is 13.0 Å². The summed E-state index contributed by atoms with van der Waals surface area (Å²) in [4.78, 5) is 2.31. The fraction of sp³-hybridized carbons (Fsp3) is 0.636. The standard InChI is InChI=1S/C11H14O4S/c1-7-6-8(10-12-2-3-13-10)9(16-7)11-14-4-5-15-11/h6,10-11H,2-5H2,1H3. The van der Waals surface area contributed by atoms with Crippen molar-refractivity contribution < 1.29 is 18.9 Å². The van der Waals surface area contributed by atoms with Crippen LogP contribution in [0.15, 0.2) is 6.07 Å². The molecule has 3 rings (SSSR count). The highest BCUT2D eigenvalue weighted by atomic mass is 32.1. The summed E-state index contributed by atoms with van der Waals surface area (Å²) in [6.45, 7) is 4.71. The summed E-state index contributed by atoms with van der Waals surface area (Å²) in [5.74, 6) is 0. The average Bonchev–Trinajstić information content (AvgIpc) is 2.98. The van der Waals surface area contributed by atoms with Crippen LogP contribution in [0.1, 0.15) is 27.9 Å². The molecule has 1 aromatic heterocycles. The van der Waals surface area contributed by atoms with Crippen molar-refractivity contribution in [3.63, 3.8) is 0 Å². The van der Waals surface area contributed by atoms with Gasteiger partial charge in [0.05, 0.1) is 31.3 Å². The first kappa shape index (κ1) is 10.7. The summed E-state index contributed by atoms with van der Waals surface area (Å²) < 4.78 is 22.1. The van der Waals surface area contributed by atoms with Crippen molar-refractivity contribution in [3.8, 4) is 0 Å². The van der Waals surface area contributed by atoms with E-state index in [0.29, 0.717) is 26.4 Å². The molecule has 16 heavy (non-hydrogen) atoms. The fourth-order valence-corrected chi connectivity index (χ4v) is 3.01. The quantitative estimate of drug-likeness (QED) is 0.796. The lowest BCUT2D eigenvalue weighted by atomic mass is 10.2. The Balaban J connectivity index is 1.90. The molecule has 1 aromatic rings. The highest BCUT2D eigenvalue weighted by Gasteiger charge is 2.29. The minimum atomic E-state index is -0.243. The van der Waals surface area contributed by atoms with Gasteiger partial charge in [0.1, 0.15) is 0 Å². The predicted octanol–water partition coefficient (Wildman–Crippen LogP) is 2.15. The monoisotopic (exact) mass is 242 g/mol. The summed E-state index contributed by atoms with van der Waals surface area (Å²) >= 11 is 1.69. The van der Waals surface area contributed by atoms with Crippen LogP contribution in [0.3, 0.4) is 0 Å². The molecule has 0 aromatic carbocycles. The van der Waals surface area contributed by atoms with Crippen molar-refractivity contribution in [3.05, 3.63) is 21.4 Å². The lowest BCUT2D eigenvalue weighted by molar-refractivity contribution is -0.0613. The number of thiophene rings is 1. The van der Waals surface area contributed by atoms with Crippen LogP contribution >= 0.6 is 11.3 Å². The van der Waals surface area contributed by atoms with Crippen LogP contribution in [-0.2, 0) is 18.9 Å². The van der Waals surface area contributed by atoms with E-state index in [0.717, 1.165) is 10.4 Å². The van der Waals surface area contributed by atoms with Crippen LogP contribution in [-0.4, -0.2) is 26.4 Å². The largest absolute Gasteiger partial charge is 0.346 e. The van der Waals surface area contributed by atoms with E-state index in [1.54, 1.807) is 11.3 Å². The summed E-state index contributed by atoms with van der Waals surface area (Å²) in [6, 6.07) is 2.10. The lowest BCUT2D eigenvalue weighted by Gasteiger charge is -2.13. The Labute approximate surface area is 98.1 Å². The number of ether oxygens (including phenoxy) is 4. The Kier molecular flexibility index (Phi) is 2.95. The Morgan fingerprint density at radius 3 is 2.19 bits per heavy atom. The summed E-state index contributed by atoms with van der Waals surface area (Å²) in [7, 11) is 0. The molecule has 0 atom stereocenters. The van der Waals surface area contributed by atoms with Gasteiger partial charge < -0.3 is 18.9 Å². The van der Waals surface area contributed by atoms with Crippen LogP contribution in [0.2, 0.25) is 0 Å². The van der Waals surface area contributed by atoms with Gasteiger partial charge in [-0.15, -0.1) is 11.3 Å². The average molecular weight is 242 g/mol. The minimum absolute atomic E-state index is 0.235. The maximum Gasteiger partial charge on any atom is 0.193 e. The van der Waals surface area contributed by atoms with E-state index in [1.165, 1.54) is 4.88 Å². The van der Waals surface area contributed by atoms with Gasteiger partial charge in [-0.2, -0.15) is 0 Å². The molecule has 0 bridgehead atoms. The number of rotatable bonds is 2. The molecule has 0 spiro atoms. The third-order valence-electron chi connectivity index (χ3n) is 2.63. The summed E-state index contributed by atoms with van der Waals surface area (Å²) in [5, 5.41) is 0. The zero-order valence-corrected chi connectivity index (χ0v) is 9.92. The molecule has 2 aliphatic rings. The number of hydrogen-bond acceptors (Lipinski definition) is 5. The first-order valence-corrected chi connectivity index (χ1v) is 6.23. The maximum atomic E-state index is 5.53. The van der Waals surface area contributed by atoms with E-state index >= 15 is 0 Å². The highest BCUT2D eigenvalue weighted by molar-refractivity contribution is 7.12. The molecular formula is C11H14O4S. The summed E-state index contributed by atoms with van der Waals surface area (Å²) in [6.07, 6.45) is -0.478. The molecular weight excluding hydrogens is 228 g/mol. The van der Waals surface area contributed by atoms with E-state index in [-0.39, 0.29) is 12.6 Å². The highest BCUT2D eigenvalue weighted by Crippen LogP contribution is 2.38. The first-order chi connectivity index (χ1) is 7.84. The van der Waals surface area contributed by atoms with Gasteiger partial charge in [-0.1, -0.05) is 0 Å². The molecule has 5 heteroatoms. The molecule has 0 N–H and O–H groups in total. The molecule has 0 unspecified atom stereocenters. The van der Waals surface area contributed by atoms with Crippen molar-refractivity contribution in [2.45, 2.75) is 19.5 Å². The predicted molar refractivity (Wildman–Crippen MR) is 58.3 cm³/mol. The SMILES string of the molecule is Cc1cc(C2OCCO2)c(C2OCCO2)s1. The van der Waals surface area contributed by atoms with E-state index in [4.69, 9.17) is 18.9 Å². The molecule has 0 saturated carbocycles. The number of hydrogen-bond donors (Lipinski definition) is 0. The molecule has 0 amide bonds. The van der Waals surface area contributed by atoms with Gasteiger partial charge in [0.25, 0.3) is 0 Å². The van der Waals surface area contributed by atoms with Crippen molar-refractivity contribution >= 4 is 11.3 Å².